The molecule has 4 aromatic rings. The number of aromatic nitrogens is 3. The van der Waals surface area contributed by atoms with Crippen LogP contribution in [0.4, 0.5) is 15.9 Å². The molecule has 4 N–H and O–H groups in total. The molecule has 0 bridgehead atoms. The summed E-state index contributed by atoms with van der Waals surface area (Å²) >= 11 is 13.8. The van der Waals surface area contributed by atoms with E-state index in [9.17, 15) is 14.7 Å². The van der Waals surface area contributed by atoms with Crippen molar-refractivity contribution in [3.63, 3.8) is 0 Å². The van der Waals surface area contributed by atoms with Gasteiger partial charge in [-0.1, -0.05) is 41.4 Å². The molecule has 5 heterocycles. The summed E-state index contributed by atoms with van der Waals surface area (Å²) in [6.07, 6.45) is 5.01. The maximum atomic E-state index is 15.6. The molecule has 2 fully saturated rings. The minimum Gasteiger partial charge on any atom is -0.481 e. The molecule has 250 valence electrons. The van der Waals surface area contributed by atoms with Crippen LogP contribution in [0.25, 0.3) is 22.5 Å². The summed E-state index contributed by atoms with van der Waals surface area (Å²) in [5.41, 5.74) is 3.79. The summed E-state index contributed by atoms with van der Waals surface area (Å²) < 4.78 is 21.2. The number of nitrogens with one attached hydrogen (secondary N) is 3. The third kappa shape index (κ3) is 7.36. The van der Waals surface area contributed by atoms with E-state index in [1.54, 1.807) is 43.6 Å². The summed E-state index contributed by atoms with van der Waals surface area (Å²) in [7, 11) is 1.55. The zero-order valence-corrected chi connectivity index (χ0v) is 27.6. The van der Waals surface area contributed by atoms with Gasteiger partial charge in [0.25, 0.3) is 0 Å². The molecule has 3 aromatic heterocycles. The van der Waals surface area contributed by atoms with Crippen LogP contribution in [0.3, 0.4) is 0 Å². The molecule has 14 heteroatoms. The predicted octanol–water partition coefficient (Wildman–Crippen LogP) is 5.68. The molecule has 2 aliphatic heterocycles. The average molecular weight is 695 g/mol. The lowest BCUT2D eigenvalue weighted by atomic mass is 10.1. The van der Waals surface area contributed by atoms with Crippen LogP contribution in [0.15, 0.2) is 54.9 Å². The number of ether oxygens (including phenoxy) is 1. The van der Waals surface area contributed by atoms with Crippen molar-refractivity contribution in [3.05, 3.63) is 81.8 Å². The number of nitrogens with zero attached hydrogens (tertiary/aromatic N) is 4. The number of carboxylic acid groups (broad SMARTS) is 1. The molecule has 6 rings (SSSR count). The SMILES string of the molecule is COc1nc(-c2ccnc(-c3cccc(Nc4nccc(CN5CC[C@@H](C(=O)O)C5)c4F)c3Cl)c2Cl)ccc1CNC[C@H]1CCC(=O)N1. The minimum atomic E-state index is -0.838. The van der Waals surface area contributed by atoms with Gasteiger partial charge in [0.15, 0.2) is 11.6 Å². The standard InChI is InChI=1S/C34H34Cl2FN7O4/c1-48-33-19(15-38-16-22-6-8-27(45)41-22)5-7-25(43-33)23-10-13-39-31(29(23)36)24-3-2-4-26(28(24)35)42-32-30(37)20(9-12-40-32)17-44-14-11-21(18-44)34(46)47/h2-5,7,9-10,12-13,21-22,38H,6,8,11,14-18H2,1H3,(H,40,42)(H,41,45)(H,46,47)/t21-,22-/m1/s1. The molecule has 2 aliphatic rings. The van der Waals surface area contributed by atoms with Crippen molar-refractivity contribution in [1.29, 1.82) is 0 Å². The number of carboxylic acids is 1. The van der Waals surface area contributed by atoms with E-state index in [1.165, 1.54) is 6.20 Å². The second-order valence-electron chi connectivity index (χ2n) is 11.8. The summed E-state index contributed by atoms with van der Waals surface area (Å²) in [5.74, 6) is -1.32. The number of methoxy groups -OCH3 is 1. The van der Waals surface area contributed by atoms with Gasteiger partial charge >= 0.3 is 5.97 Å². The Balaban J connectivity index is 1.20. The number of benzene rings is 1. The molecule has 2 atom stereocenters. The van der Waals surface area contributed by atoms with E-state index in [0.717, 1.165) is 12.0 Å². The number of amides is 1. The van der Waals surface area contributed by atoms with Gasteiger partial charge in [-0.2, -0.15) is 0 Å². The molecule has 11 nitrogen and oxygen atoms in total. The summed E-state index contributed by atoms with van der Waals surface area (Å²) in [6.45, 7) is 2.37. The van der Waals surface area contributed by atoms with Crippen LogP contribution in [-0.2, 0) is 22.7 Å². The van der Waals surface area contributed by atoms with Crippen molar-refractivity contribution in [3.8, 4) is 28.4 Å². The topological polar surface area (TPSA) is 142 Å². The molecule has 1 aromatic carbocycles. The van der Waals surface area contributed by atoms with E-state index in [4.69, 9.17) is 32.9 Å². The van der Waals surface area contributed by atoms with Crippen molar-refractivity contribution in [2.24, 2.45) is 5.92 Å². The van der Waals surface area contributed by atoms with Gasteiger partial charge in [0.05, 0.1) is 40.1 Å². The number of halogens is 3. The number of rotatable bonds is 12. The zero-order chi connectivity index (χ0) is 33.8. The Kier molecular flexibility index (Phi) is 10.4. The van der Waals surface area contributed by atoms with Gasteiger partial charge in [0, 0.05) is 73.3 Å². The highest BCUT2D eigenvalue weighted by atomic mass is 35.5. The molecule has 0 unspecified atom stereocenters. The first-order chi connectivity index (χ1) is 23.2. The maximum Gasteiger partial charge on any atom is 0.307 e. The van der Waals surface area contributed by atoms with Crippen LogP contribution in [-0.4, -0.2) is 69.6 Å². The number of pyridine rings is 3. The number of likely N-dealkylation sites (tertiary alicyclic amines) is 1. The van der Waals surface area contributed by atoms with Gasteiger partial charge in [0.2, 0.25) is 11.8 Å². The molecular formula is C34H34Cl2FN7O4. The van der Waals surface area contributed by atoms with Gasteiger partial charge in [-0.25, -0.2) is 14.4 Å². The highest BCUT2D eigenvalue weighted by Crippen LogP contribution is 2.41. The Morgan fingerprint density at radius 1 is 1.08 bits per heavy atom. The average Bonchev–Trinajstić information content (AvgIpc) is 3.73. The Bertz CT molecular complexity index is 1850. The van der Waals surface area contributed by atoms with Gasteiger partial charge < -0.3 is 25.8 Å². The molecule has 48 heavy (non-hydrogen) atoms. The van der Waals surface area contributed by atoms with Gasteiger partial charge in [-0.3, -0.25) is 19.5 Å². The fourth-order valence-corrected chi connectivity index (χ4v) is 6.60. The van der Waals surface area contributed by atoms with Gasteiger partial charge in [-0.15, -0.1) is 0 Å². The van der Waals surface area contributed by atoms with E-state index in [0.29, 0.717) is 83.7 Å². The van der Waals surface area contributed by atoms with Crippen LogP contribution in [0.1, 0.15) is 30.4 Å². The van der Waals surface area contributed by atoms with Crippen LogP contribution >= 0.6 is 23.2 Å². The van der Waals surface area contributed by atoms with Crippen molar-refractivity contribution >= 4 is 46.6 Å². The highest BCUT2D eigenvalue weighted by molar-refractivity contribution is 6.39. The second-order valence-corrected chi connectivity index (χ2v) is 12.6. The molecular weight excluding hydrogens is 660 g/mol. The Labute approximate surface area is 286 Å². The fourth-order valence-electron chi connectivity index (χ4n) is 6.02. The van der Waals surface area contributed by atoms with E-state index < -0.39 is 17.7 Å². The summed E-state index contributed by atoms with van der Waals surface area (Å²) in [6, 6.07) is 12.5. The molecule has 0 saturated carbocycles. The number of hydrogen-bond donors (Lipinski definition) is 4. The van der Waals surface area contributed by atoms with Crippen molar-refractivity contribution < 1.29 is 23.8 Å². The molecule has 2 saturated heterocycles. The number of anilines is 2. The number of carbonyl (C=O) groups excluding carboxylic acids is 1. The third-order valence-corrected chi connectivity index (χ3v) is 9.37. The number of aliphatic carboxylic acids is 1. The van der Waals surface area contributed by atoms with Crippen LogP contribution in [0, 0.1) is 11.7 Å². The molecule has 1 amide bonds. The van der Waals surface area contributed by atoms with E-state index in [-0.39, 0.29) is 29.3 Å². The number of carbonyl (C=O) groups is 2. The molecule has 0 spiro atoms. The lowest BCUT2D eigenvalue weighted by molar-refractivity contribution is -0.141. The van der Waals surface area contributed by atoms with E-state index in [1.807, 2.05) is 17.0 Å². The minimum absolute atomic E-state index is 0.00722. The lowest BCUT2D eigenvalue weighted by Crippen LogP contribution is -2.35. The Hall–Kier alpha value is -4.36. The summed E-state index contributed by atoms with van der Waals surface area (Å²) in [4.78, 5) is 38.2. The van der Waals surface area contributed by atoms with Crippen molar-refractivity contribution in [1.82, 2.24) is 30.5 Å². The van der Waals surface area contributed by atoms with E-state index >= 15 is 4.39 Å². The highest BCUT2D eigenvalue weighted by Gasteiger charge is 2.29. The normalized spacial score (nSPS) is 17.8. The van der Waals surface area contributed by atoms with Crippen LogP contribution in [0.5, 0.6) is 5.88 Å². The van der Waals surface area contributed by atoms with Gasteiger partial charge in [-0.05, 0) is 43.7 Å². The second kappa shape index (κ2) is 14.8. The monoisotopic (exact) mass is 693 g/mol. The van der Waals surface area contributed by atoms with Crippen molar-refractivity contribution in [2.75, 3.05) is 32.1 Å². The van der Waals surface area contributed by atoms with Crippen molar-refractivity contribution in [2.45, 2.75) is 38.4 Å². The molecule has 0 radical (unpaired) electrons. The first-order valence-corrected chi connectivity index (χ1v) is 16.3. The fraction of sp³-hybridized carbons (Fsp3) is 0.324. The van der Waals surface area contributed by atoms with E-state index in [2.05, 4.69) is 25.9 Å². The quantitative estimate of drug-likeness (QED) is 0.146. The number of hydrogen-bond acceptors (Lipinski definition) is 9. The van der Waals surface area contributed by atoms with Crippen LogP contribution in [0.2, 0.25) is 10.0 Å². The van der Waals surface area contributed by atoms with Gasteiger partial charge in [0.1, 0.15) is 0 Å². The summed E-state index contributed by atoms with van der Waals surface area (Å²) in [5, 5.41) is 19.2. The smallest absolute Gasteiger partial charge is 0.307 e. The predicted molar refractivity (Wildman–Crippen MR) is 181 cm³/mol. The largest absolute Gasteiger partial charge is 0.481 e. The maximum absolute atomic E-state index is 15.6. The zero-order valence-electron chi connectivity index (χ0n) is 26.1. The first kappa shape index (κ1) is 33.5. The Morgan fingerprint density at radius 3 is 2.67 bits per heavy atom. The first-order valence-electron chi connectivity index (χ1n) is 15.5. The third-order valence-electron chi connectivity index (χ3n) is 8.58. The Morgan fingerprint density at radius 2 is 1.92 bits per heavy atom. The molecule has 0 aliphatic carbocycles. The lowest BCUT2D eigenvalue weighted by Gasteiger charge is -2.17. The van der Waals surface area contributed by atoms with Crippen LogP contribution < -0.4 is 20.7 Å².